The SMILES string of the molecule is Cc1nc(Nc2ccc(N3CCC(C)CC3)cc2)cc(C(=O)NC2CCCC2)n1. The lowest BCUT2D eigenvalue weighted by Crippen LogP contribution is -2.33. The van der Waals surface area contributed by atoms with Gasteiger partial charge in [-0.3, -0.25) is 4.79 Å². The first kappa shape index (κ1) is 19.7. The van der Waals surface area contributed by atoms with Crippen LogP contribution in [0.3, 0.4) is 0 Å². The molecule has 2 heterocycles. The van der Waals surface area contributed by atoms with Crippen LogP contribution in [0.1, 0.15) is 61.8 Å². The first-order valence-electron chi connectivity index (χ1n) is 10.9. The lowest BCUT2D eigenvalue weighted by atomic mass is 9.99. The van der Waals surface area contributed by atoms with E-state index < -0.39 is 0 Å². The number of nitrogens with one attached hydrogen (secondary N) is 2. The van der Waals surface area contributed by atoms with Gasteiger partial charge in [-0.1, -0.05) is 19.8 Å². The van der Waals surface area contributed by atoms with Gasteiger partial charge in [0.1, 0.15) is 17.3 Å². The molecule has 1 saturated heterocycles. The van der Waals surface area contributed by atoms with E-state index in [9.17, 15) is 4.79 Å². The maximum absolute atomic E-state index is 12.6. The van der Waals surface area contributed by atoms with Gasteiger partial charge in [0.25, 0.3) is 5.91 Å². The van der Waals surface area contributed by atoms with Crippen molar-refractivity contribution in [2.45, 2.75) is 58.4 Å². The second-order valence-electron chi connectivity index (χ2n) is 8.48. The van der Waals surface area contributed by atoms with Gasteiger partial charge in [-0.25, -0.2) is 9.97 Å². The number of benzene rings is 1. The average molecular weight is 394 g/mol. The van der Waals surface area contributed by atoms with E-state index >= 15 is 0 Å². The molecule has 1 aliphatic heterocycles. The Bertz CT molecular complexity index is 837. The third-order valence-electron chi connectivity index (χ3n) is 6.05. The van der Waals surface area contributed by atoms with Crippen molar-refractivity contribution in [2.75, 3.05) is 23.3 Å². The Kier molecular flexibility index (Phi) is 5.97. The van der Waals surface area contributed by atoms with Crippen molar-refractivity contribution in [3.05, 3.63) is 41.9 Å². The summed E-state index contributed by atoms with van der Waals surface area (Å²) in [6, 6.07) is 10.5. The lowest BCUT2D eigenvalue weighted by Gasteiger charge is -2.32. The summed E-state index contributed by atoms with van der Waals surface area (Å²) < 4.78 is 0. The molecular formula is C23H31N5O. The third-order valence-corrected chi connectivity index (χ3v) is 6.05. The molecule has 2 fully saturated rings. The third kappa shape index (κ3) is 5.05. The number of aryl methyl sites for hydroxylation is 1. The zero-order chi connectivity index (χ0) is 20.2. The van der Waals surface area contributed by atoms with Crippen LogP contribution >= 0.6 is 0 Å². The van der Waals surface area contributed by atoms with Crippen LogP contribution in [0.2, 0.25) is 0 Å². The molecule has 1 amide bonds. The molecule has 0 bridgehead atoms. The number of amides is 1. The number of anilines is 3. The fourth-order valence-corrected chi connectivity index (χ4v) is 4.25. The van der Waals surface area contributed by atoms with Crippen molar-refractivity contribution >= 4 is 23.1 Å². The molecule has 4 rings (SSSR count). The molecule has 2 aromatic rings. The predicted octanol–water partition coefficient (Wildman–Crippen LogP) is 4.44. The normalized spacial score (nSPS) is 18.1. The fourth-order valence-electron chi connectivity index (χ4n) is 4.25. The topological polar surface area (TPSA) is 70.2 Å². The number of hydrogen-bond donors (Lipinski definition) is 2. The monoisotopic (exact) mass is 393 g/mol. The van der Waals surface area contributed by atoms with E-state index in [1.807, 2.05) is 6.92 Å². The maximum Gasteiger partial charge on any atom is 0.270 e. The minimum atomic E-state index is -0.111. The predicted molar refractivity (Wildman–Crippen MR) is 117 cm³/mol. The van der Waals surface area contributed by atoms with Crippen molar-refractivity contribution in [1.29, 1.82) is 0 Å². The maximum atomic E-state index is 12.6. The number of nitrogens with zero attached hydrogens (tertiary/aromatic N) is 3. The summed E-state index contributed by atoms with van der Waals surface area (Å²) in [6.45, 7) is 6.39. The average Bonchev–Trinajstić information content (AvgIpc) is 3.22. The van der Waals surface area contributed by atoms with Crippen molar-refractivity contribution in [3.63, 3.8) is 0 Å². The van der Waals surface area contributed by atoms with Gasteiger partial charge in [-0.2, -0.15) is 0 Å². The molecule has 1 saturated carbocycles. The van der Waals surface area contributed by atoms with E-state index in [4.69, 9.17) is 0 Å². The number of carbonyl (C=O) groups excluding carboxylic acids is 1. The quantitative estimate of drug-likeness (QED) is 0.786. The summed E-state index contributed by atoms with van der Waals surface area (Å²) in [5, 5.41) is 6.42. The van der Waals surface area contributed by atoms with Crippen molar-refractivity contribution < 1.29 is 4.79 Å². The molecule has 6 nitrogen and oxygen atoms in total. The summed E-state index contributed by atoms with van der Waals surface area (Å²) in [6.07, 6.45) is 7.00. The second-order valence-corrected chi connectivity index (χ2v) is 8.48. The van der Waals surface area contributed by atoms with E-state index in [0.717, 1.165) is 37.5 Å². The van der Waals surface area contributed by atoms with Crippen LogP contribution < -0.4 is 15.5 Å². The Labute approximate surface area is 173 Å². The highest BCUT2D eigenvalue weighted by atomic mass is 16.1. The van der Waals surface area contributed by atoms with Crippen LogP contribution in [0.25, 0.3) is 0 Å². The van der Waals surface area contributed by atoms with Gasteiger partial charge in [-0.15, -0.1) is 0 Å². The Morgan fingerprint density at radius 2 is 1.72 bits per heavy atom. The van der Waals surface area contributed by atoms with Crippen LogP contribution in [0.5, 0.6) is 0 Å². The molecule has 1 aromatic carbocycles. The molecule has 2 aliphatic rings. The van der Waals surface area contributed by atoms with Gasteiger partial charge in [0.05, 0.1) is 0 Å². The van der Waals surface area contributed by atoms with E-state index in [1.54, 1.807) is 6.07 Å². The molecule has 0 atom stereocenters. The van der Waals surface area contributed by atoms with E-state index in [-0.39, 0.29) is 11.9 Å². The van der Waals surface area contributed by atoms with Crippen LogP contribution in [0, 0.1) is 12.8 Å². The lowest BCUT2D eigenvalue weighted by molar-refractivity contribution is 0.0932. The molecule has 0 unspecified atom stereocenters. The Hall–Kier alpha value is -2.63. The summed E-state index contributed by atoms with van der Waals surface area (Å²) in [7, 11) is 0. The van der Waals surface area contributed by atoms with Gasteiger partial charge in [-0.05, 0) is 62.8 Å². The number of piperidine rings is 1. The van der Waals surface area contributed by atoms with Crippen LogP contribution in [0.15, 0.2) is 30.3 Å². The van der Waals surface area contributed by atoms with Gasteiger partial charge < -0.3 is 15.5 Å². The minimum absolute atomic E-state index is 0.111. The minimum Gasteiger partial charge on any atom is -0.372 e. The summed E-state index contributed by atoms with van der Waals surface area (Å²) >= 11 is 0. The summed E-state index contributed by atoms with van der Waals surface area (Å²) in [5.74, 6) is 1.95. The summed E-state index contributed by atoms with van der Waals surface area (Å²) in [5.41, 5.74) is 2.64. The Morgan fingerprint density at radius 1 is 1.03 bits per heavy atom. The highest BCUT2D eigenvalue weighted by Crippen LogP contribution is 2.25. The summed E-state index contributed by atoms with van der Waals surface area (Å²) in [4.78, 5) is 23.8. The smallest absolute Gasteiger partial charge is 0.270 e. The van der Waals surface area contributed by atoms with E-state index in [2.05, 4.69) is 56.7 Å². The number of hydrogen-bond acceptors (Lipinski definition) is 5. The standard InChI is InChI=1S/C23H31N5O/c1-16-11-13-28(14-12-16)20-9-7-19(8-10-20)26-22-15-21(24-17(2)25-22)23(29)27-18-5-3-4-6-18/h7-10,15-16,18H,3-6,11-14H2,1-2H3,(H,27,29)(H,24,25,26). The zero-order valence-corrected chi connectivity index (χ0v) is 17.4. The van der Waals surface area contributed by atoms with Gasteiger partial charge in [0.15, 0.2) is 0 Å². The second kappa shape index (κ2) is 8.80. The molecule has 2 N–H and O–H groups in total. The molecule has 0 spiro atoms. The first-order valence-corrected chi connectivity index (χ1v) is 10.9. The Morgan fingerprint density at radius 3 is 2.41 bits per heavy atom. The molecular weight excluding hydrogens is 362 g/mol. The molecule has 0 radical (unpaired) electrons. The first-order chi connectivity index (χ1) is 14.1. The molecule has 154 valence electrons. The fraction of sp³-hybridized carbons (Fsp3) is 0.522. The number of rotatable bonds is 5. The van der Waals surface area contributed by atoms with Gasteiger partial charge in [0.2, 0.25) is 0 Å². The van der Waals surface area contributed by atoms with Crippen molar-refractivity contribution in [1.82, 2.24) is 15.3 Å². The Balaban J connectivity index is 1.42. The molecule has 1 aliphatic carbocycles. The highest BCUT2D eigenvalue weighted by molar-refractivity contribution is 5.93. The molecule has 6 heteroatoms. The van der Waals surface area contributed by atoms with E-state index in [1.165, 1.54) is 31.4 Å². The van der Waals surface area contributed by atoms with Crippen LogP contribution in [-0.4, -0.2) is 35.0 Å². The van der Waals surface area contributed by atoms with Gasteiger partial charge in [0, 0.05) is 36.6 Å². The number of carbonyl (C=O) groups is 1. The van der Waals surface area contributed by atoms with Crippen LogP contribution in [-0.2, 0) is 0 Å². The number of aromatic nitrogens is 2. The van der Waals surface area contributed by atoms with Gasteiger partial charge >= 0.3 is 0 Å². The highest BCUT2D eigenvalue weighted by Gasteiger charge is 2.20. The molecule has 29 heavy (non-hydrogen) atoms. The molecule has 1 aromatic heterocycles. The largest absolute Gasteiger partial charge is 0.372 e. The van der Waals surface area contributed by atoms with E-state index in [0.29, 0.717) is 17.3 Å². The van der Waals surface area contributed by atoms with Crippen molar-refractivity contribution in [3.8, 4) is 0 Å². The van der Waals surface area contributed by atoms with Crippen LogP contribution in [0.4, 0.5) is 17.2 Å². The van der Waals surface area contributed by atoms with Crippen molar-refractivity contribution in [2.24, 2.45) is 5.92 Å². The zero-order valence-electron chi connectivity index (χ0n) is 17.4.